The maximum absolute atomic E-state index is 8.36. The fraction of sp³-hybridized carbons (Fsp3) is 0.143. The quantitative estimate of drug-likeness (QED) is 0.638. The Morgan fingerprint density at radius 2 is 1.32 bits per heavy atom. The van der Waals surface area contributed by atoms with E-state index in [2.05, 4.69) is 48.5 Å². The van der Waals surface area contributed by atoms with Crippen LogP contribution in [0.1, 0.15) is 35.6 Å². The first-order valence-corrected chi connectivity index (χ1v) is 7.61. The van der Waals surface area contributed by atoms with Crippen LogP contribution in [0.5, 0.6) is 0 Å². The van der Waals surface area contributed by atoms with Crippen LogP contribution < -0.4 is 0 Å². The van der Waals surface area contributed by atoms with Gasteiger partial charge in [0.2, 0.25) is 0 Å². The van der Waals surface area contributed by atoms with Gasteiger partial charge < -0.3 is 4.74 Å². The molecule has 0 aliphatic carbocycles. The first kappa shape index (κ1) is 12.2. The highest BCUT2D eigenvalue weighted by molar-refractivity contribution is 5.42. The molecule has 0 amide bonds. The third-order valence-electron chi connectivity index (χ3n) is 4.26. The van der Waals surface area contributed by atoms with Crippen molar-refractivity contribution in [2.75, 3.05) is 0 Å². The summed E-state index contributed by atoms with van der Waals surface area (Å²) in [5, 5.41) is 0. The second kappa shape index (κ2) is 5.78. The zero-order valence-electron chi connectivity index (χ0n) is 13.2. The average molecular weight is 287 g/mol. The van der Waals surface area contributed by atoms with E-state index in [0.717, 1.165) is 11.1 Å². The minimum atomic E-state index is -0.642. The number of fused-ring (bicyclic) bond motifs is 1. The summed E-state index contributed by atoms with van der Waals surface area (Å²) in [5.74, 6) is 0.108. The molecule has 3 aromatic rings. The standard InChI is InChI=1S/C21H18O/c1-3-9-16(10-4-1)20-19-14-8-7-13-18(19)15-22-21(20)17-11-5-2-6-12-17/h1-14,20-21H,15H2/t20-,21+/m1/s1/i15D/t15?,20-,21+. The highest BCUT2D eigenvalue weighted by atomic mass is 16.5. The highest BCUT2D eigenvalue weighted by Gasteiger charge is 2.32. The Labute approximate surface area is 132 Å². The van der Waals surface area contributed by atoms with Gasteiger partial charge >= 0.3 is 0 Å². The maximum Gasteiger partial charge on any atom is 0.0938 e. The predicted octanol–water partition coefficient (Wildman–Crippen LogP) is 5.09. The normalized spacial score (nSPS) is 24.4. The lowest BCUT2D eigenvalue weighted by molar-refractivity contribution is 0.0149. The lowest BCUT2D eigenvalue weighted by Gasteiger charge is -2.34. The molecule has 0 saturated heterocycles. The number of benzene rings is 3. The van der Waals surface area contributed by atoms with Gasteiger partial charge in [-0.3, -0.25) is 0 Å². The minimum absolute atomic E-state index is 0.108. The second-order valence-corrected chi connectivity index (χ2v) is 5.60. The Morgan fingerprint density at radius 1 is 0.727 bits per heavy atom. The number of ether oxygens (including phenoxy) is 1. The van der Waals surface area contributed by atoms with Gasteiger partial charge in [-0.15, -0.1) is 0 Å². The number of rotatable bonds is 2. The van der Waals surface area contributed by atoms with E-state index in [1.54, 1.807) is 0 Å². The molecule has 1 unspecified atom stereocenters. The molecule has 0 radical (unpaired) electrons. The molecule has 1 heterocycles. The van der Waals surface area contributed by atoms with Crippen molar-refractivity contribution in [1.82, 2.24) is 0 Å². The van der Waals surface area contributed by atoms with Gasteiger partial charge in [-0.05, 0) is 22.3 Å². The Balaban J connectivity index is 1.89. The molecule has 4 rings (SSSR count). The summed E-state index contributed by atoms with van der Waals surface area (Å²) in [6.45, 7) is -0.642. The molecule has 3 atom stereocenters. The molecule has 108 valence electrons. The van der Waals surface area contributed by atoms with Crippen LogP contribution in [0.2, 0.25) is 0 Å². The van der Waals surface area contributed by atoms with Crippen LogP contribution >= 0.6 is 0 Å². The molecule has 0 aromatic heterocycles. The summed E-state index contributed by atoms with van der Waals surface area (Å²) in [7, 11) is 0. The van der Waals surface area contributed by atoms with Gasteiger partial charge in [0, 0.05) is 5.92 Å². The molecule has 0 fully saturated rings. The Bertz CT molecular complexity index is 785. The first-order valence-electron chi connectivity index (χ1n) is 8.19. The minimum Gasteiger partial charge on any atom is -0.368 e. The number of hydrogen-bond donors (Lipinski definition) is 0. The van der Waals surface area contributed by atoms with Gasteiger partial charge in [0.15, 0.2) is 0 Å². The molecule has 0 spiro atoms. The van der Waals surface area contributed by atoms with Crippen molar-refractivity contribution < 1.29 is 6.11 Å². The van der Waals surface area contributed by atoms with Crippen LogP contribution in [0.3, 0.4) is 0 Å². The van der Waals surface area contributed by atoms with E-state index >= 15 is 0 Å². The van der Waals surface area contributed by atoms with E-state index in [4.69, 9.17) is 6.11 Å². The van der Waals surface area contributed by atoms with E-state index in [1.165, 1.54) is 11.1 Å². The van der Waals surface area contributed by atoms with Crippen LogP contribution in [0, 0.1) is 0 Å². The van der Waals surface area contributed by atoms with Crippen LogP contribution in [0.15, 0.2) is 84.9 Å². The van der Waals surface area contributed by atoms with Gasteiger partial charge in [0.1, 0.15) is 0 Å². The van der Waals surface area contributed by atoms with Gasteiger partial charge in [0.25, 0.3) is 0 Å². The van der Waals surface area contributed by atoms with Crippen molar-refractivity contribution in [3.8, 4) is 0 Å². The molecule has 3 aromatic carbocycles. The first-order chi connectivity index (χ1) is 11.3. The molecule has 0 bridgehead atoms. The van der Waals surface area contributed by atoms with Crippen molar-refractivity contribution in [2.45, 2.75) is 18.6 Å². The Hall–Kier alpha value is -2.38. The summed E-state index contributed by atoms with van der Waals surface area (Å²) in [5.41, 5.74) is 4.50. The van der Waals surface area contributed by atoms with Crippen molar-refractivity contribution in [1.29, 1.82) is 0 Å². The summed E-state index contributed by atoms with van der Waals surface area (Å²) in [4.78, 5) is 0. The van der Waals surface area contributed by atoms with Gasteiger partial charge in [0.05, 0.1) is 14.1 Å². The summed E-state index contributed by atoms with van der Waals surface area (Å²) < 4.78 is 14.5. The highest BCUT2D eigenvalue weighted by Crippen LogP contribution is 2.44. The van der Waals surface area contributed by atoms with Gasteiger partial charge in [-0.2, -0.15) is 0 Å². The molecular weight excluding hydrogens is 268 g/mol. The SMILES string of the molecule is [2H]C1O[C@@H](c2ccccc2)[C@H](c2ccccc2)c2ccccc21. The second-order valence-electron chi connectivity index (χ2n) is 5.60. The zero-order chi connectivity index (χ0) is 15.6. The largest absolute Gasteiger partial charge is 0.368 e. The van der Waals surface area contributed by atoms with E-state index in [-0.39, 0.29) is 12.0 Å². The molecular formula is C21H18O. The molecule has 1 aliphatic heterocycles. The van der Waals surface area contributed by atoms with Crippen LogP contribution in [0.25, 0.3) is 0 Å². The van der Waals surface area contributed by atoms with Gasteiger partial charge in [-0.1, -0.05) is 84.9 Å². The van der Waals surface area contributed by atoms with E-state index < -0.39 is 6.58 Å². The Morgan fingerprint density at radius 3 is 2.05 bits per heavy atom. The van der Waals surface area contributed by atoms with E-state index in [9.17, 15) is 0 Å². The predicted molar refractivity (Wildman–Crippen MR) is 88.7 cm³/mol. The van der Waals surface area contributed by atoms with Crippen molar-refractivity contribution >= 4 is 0 Å². The van der Waals surface area contributed by atoms with Crippen molar-refractivity contribution in [2.24, 2.45) is 0 Å². The van der Waals surface area contributed by atoms with Crippen LogP contribution in [-0.4, -0.2) is 0 Å². The topological polar surface area (TPSA) is 9.23 Å². The lowest BCUT2D eigenvalue weighted by atomic mass is 9.80. The summed E-state index contributed by atoms with van der Waals surface area (Å²) >= 11 is 0. The van der Waals surface area contributed by atoms with E-state index in [0.29, 0.717) is 0 Å². The molecule has 1 nitrogen and oxygen atoms in total. The summed E-state index contributed by atoms with van der Waals surface area (Å²) in [6, 6.07) is 28.8. The fourth-order valence-electron chi connectivity index (χ4n) is 3.22. The summed E-state index contributed by atoms with van der Waals surface area (Å²) in [6.07, 6.45) is -0.143. The van der Waals surface area contributed by atoms with Gasteiger partial charge in [-0.25, -0.2) is 0 Å². The monoisotopic (exact) mass is 287 g/mol. The maximum atomic E-state index is 8.36. The number of hydrogen-bond acceptors (Lipinski definition) is 1. The smallest absolute Gasteiger partial charge is 0.0938 e. The third-order valence-corrected chi connectivity index (χ3v) is 4.26. The molecule has 22 heavy (non-hydrogen) atoms. The van der Waals surface area contributed by atoms with E-state index in [1.807, 2.05) is 36.4 Å². The third kappa shape index (κ3) is 2.34. The lowest BCUT2D eigenvalue weighted by Crippen LogP contribution is -2.22. The zero-order valence-corrected chi connectivity index (χ0v) is 12.2. The fourth-order valence-corrected chi connectivity index (χ4v) is 3.22. The molecule has 1 heteroatoms. The van der Waals surface area contributed by atoms with Crippen molar-refractivity contribution in [3.05, 3.63) is 107 Å². The van der Waals surface area contributed by atoms with Crippen molar-refractivity contribution in [3.63, 3.8) is 0 Å². The van der Waals surface area contributed by atoms with Crippen LogP contribution in [0.4, 0.5) is 0 Å². The molecule has 0 N–H and O–H groups in total. The van der Waals surface area contributed by atoms with Crippen LogP contribution in [-0.2, 0) is 11.3 Å². The average Bonchev–Trinajstić information content (AvgIpc) is 2.63. The molecule has 1 aliphatic rings. The Kier molecular flexibility index (Phi) is 3.20. The molecule has 0 saturated carbocycles.